The summed E-state index contributed by atoms with van der Waals surface area (Å²) in [7, 11) is 4.13. The Morgan fingerprint density at radius 2 is 1.03 bits per heavy atom. The van der Waals surface area contributed by atoms with Crippen LogP contribution in [0.5, 0.6) is 0 Å². The molecule has 0 N–H and O–H groups in total. The molecule has 2 aromatic carbocycles. The number of benzene rings is 2. The van der Waals surface area contributed by atoms with E-state index in [1.807, 2.05) is 24.3 Å². The van der Waals surface area contributed by atoms with Gasteiger partial charge in [-0.3, -0.25) is 9.97 Å². The van der Waals surface area contributed by atoms with Crippen LogP contribution in [0.25, 0.3) is 44.6 Å². The maximum Gasteiger partial charge on any atom is 2.00 e. The molecule has 6 aromatic rings. The van der Waals surface area contributed by atoms with Gasteiger partial charge in [0.1, 0.15) is 0 Å². The van der Waals surface area contributed by atoms with E-state index in [9.17, 15) is 0 Å². The fourth-order valence-electron chi connectivity index (χ4n) is 4.48. The molecular weight excluding hydrogens is 599 g/mol. The van der Waals surface area contributed by atoms with Crippen molar-refractivity contribution >= 4 is 21.8 Å². The molecule has 0 saturated heterocycles. The Hall–Kier alpha value is -3.49. The molecule has 0 aliphatic rings. The Labute approximate surface area is 213 Å². The SMILES string of the molecule is Cn1c(-c2cccc(Cc3cccc(-c4[c-]c5ccccc5n4C)n3)n2)[c-]c2ccccc21.[Pt+2]. The van der Waals surface area contributed by atoms with Gasteiger partial charge in [-0.05, 0) is 34.6 Å². The summed E-state index contributed by atoms with van der Waals surface area (Å²) in [6, 6.07) is 35.9. The van der Waals surface area contributed by atoms with Crippen LogP contribution in [0.4, 0.5) is 0 Å². The second-order valence-corrected chi connectivity index (χ2v) is 8.30. The molecule has 0 bridgehead atoms. The molecule has 0 radical (unpaired) electrons. The molecule has 5 heteroatoms. The summed E-state index contributed by atoms with van der Waals surface area (Å²) in [5.41, 5.74) is 8.10. The number of rotatable bonds is 4. The van der Waals surface area contributed by atoms with E-state index < -0.39 is 0 Å². The first-order valence-electron chi connectivity index (χ1n) is 11.0. The van der Waals surface area contributed by atoms with Crippen LogP contribution in [0.3, 0.4) is 0 Å². The fourth-order valence-corrected chi connectivity index (χ4v) is 4.48. The molecule has 0 saturated carbocycles. The Morgan fingerprint density at radius 3 is 1.47 bits per heavy atom. The van der Waals surface area contributed by atoms with Crippen molar-refractivity contribution < 1.29 is 21.1 Å². The van der Waals surface area contributed by atoms with E-state index in [4.69, 9.17) is 9.97 Å². The van der Waals surface area contributed by atoms with Gasteiger partial charge in [-0.15, -0.1) is 47.2 Å². The van der Waals surface area contributed by atoms with Crippen molar-refractivity contribution in [3.05, 3.63) is 108 Å². The summed E-state index contributed by atoms with van der Waals surface area (Å²) < 4.78 is 4.30. The van der Waals surface area contributed by atoms with Crippen LogP contribution in [0, 0.1) is 12.1 Å². The molecule has 4 nitrogen and oxygen atoms in total. The second kappa shape index (κ2) is 9.04. The van der Waals surface area contributed by atoms with Crippen molar-refractivity contribution in [2.24, 2.45) is 14.1 Å². The molecule has 0 unspecified atom stereocenters. The normalized spacial score (nSPS) is 11.1. The summed E-state index contributed by atoms with van der Waals surface area (Å²) >= 11 is 0. The van der Waals surface area contributed by atoms with E-state index in [-0.39, 0.29) is 21.1 Å². The van der Waals surface area contributed by atoms with E-state index in [0.717, 1.165) is 56.0 Å². The Bertz CT molecular complexity index is 1500. The monoisotopic (exact) mass is 621 g/mol. The van der Waals surface area contributed by atoms with Crippen molar-refractivity contribution in [2.75, 3.05) is 0 Å². The molecule has 6 rings (SSSR count). The van der Waals surface area contributed by atoms with Crippen molar-refractivity contribution in [1.82, 2.24) is 19.1 Å². The molecule has 4 aromatic heterocycles. The van der Waals surface area contributed by atoms with Gasteiger partial charge in [0.25, 0.3) is 0 Å². The molecular formula is C29H22N4Pt. The Kier molecular flexibility index (Phi) is 5.93. The second-order valence-electron chi connectivity index (χ2n) is 8.30. The number of nitrogens with zero attached hydrogens (tertiary/aromatic N) is 4. The number of pyridine rings is 2. The Balaban J connectivity index is 0.00000241. The number of hydrogen-bond donors (Lipinski definition) is 0. The summed E-state index contributed by atoms with van der Waals surface area (Å²) in [4.78, 5) is 9.89. The summed E-state index contributed by atoms with van der Waals surface area (Å²) in [6.45, 7) is 0. The van der Waals surface area contributed by atoms with Crippen LogP contribution in [-0.4, -0.2) is 19.1 Å². The predicted molar refractivity (Wildman–Crippen MR) is 133 cm³/mol. The fraction of sp³-hybridized carbons (Fsp3) is 0.103. The number of para-hydroxylation sites is 2. The summed E-state index contributed by atoms with van der Waals surface area (Å²) in [5.74, 6) is 0. The van der Waals surface area contributed by atoms with Gasteiger partial charge in [0.05, 0.1) is 0 Å². The van der Waals surface area contributed by atoms with Gasteiger partial charge in [-0.25, -0.2) is 0 Å². The zero-order valence-electron chi connectivity index (χ0n) is 18.9. The predicted octanol–water partition coefficient (Wildman–Crippen LogP) is 5.98. The maximum absolute atomic E-state index is 4.94. The zero-order chi connectivity index (χ0) is 22.4. The molecule has 0 amide bonds. The van der Waals surface area contributed by atoms with E-state index in [2.05, 4.69) is 96.0 Å². The third kappa shape index (κ3) is 3.89. The number of hydrogen-bond acceptors (Lipinski definition) is 2. The average molecular weight is 622 g/mol. The summed E-state index contributed by atoms with van der Waals surface area (Å²) in [5, 5.41) is 2.20. The van der Waals surface area contributed by atoms with Crippen molar-refractivity contribution in [2.45, 2.75) is 6.42 Å². The van der Waals surface area contributed by atoms with Gasteiger partial charge in [0.2, 0.25) is 0 Å². The molecule has 0 aliphatic carbocycles. The van der Waals surface area contributed by atoms with Gasteiger partial charge < -0.3 is 9.13 Å². The molecule has 0 fully saturated rings. The van der Waals surface area contributed by atoms with Crippen LogP contribution in [-0.2, 0) is 41.6 Å². The topological polar surface area (TPSA) is 35.6 Å². The molecule has 0 spiro atoms. The zero-order valence-corrected chi connectivity index (χ0v) is 21.2. The van der Waals surface area contributed by atoms with Gasteiger partial charge >= 0.3 is 21.1 Å². The minimum atomic E-state index is 0. The third-order valence-corrected chi connectivity index (χ3v) is 6.17. The van der Waals surface area contributed by atoms with E-state index in [1.165, 1.54) is 0 Å². The summed E-state index contributed by atoms with van der Waals surface area (Å²) in [6.07, 6.45) is 0.662. The van der Waals surface area contributed by atoms with Gasteiger partial charge in [0.15, 0.2) is 0 Å². The van der Waals surface area contributed by atoms with E-state index in [1.54, 1.807) is 0 Å². The maximum atomic E-state index is 4.94. The van der Waals surface area contributed by atoms with Crippen LogP contribution in [0.15, 0.2) is 84.9 Å². The first-order valence-corrected chi connectivity index (χ1v) is 11.0. The first-order chi connectivity index (χ1) is 16.2. The first kappa shape index (κ1) is 22.3. The quantitative estimate of drug-likeness (QED) is 0.227. The molecule has 168 valence electrons. The minimum Gasteiger partial charge on any atom is -0.397 e. The number of aromatic nitrogens is 4. The van der Waals surface area contributed by atoms with Crippen molar-refractivity contribution in [3.63, 3.8) is 0 Å². The Morgan fingerprint density at radius 1 is 0.588 bits per heavy atom. The minimum absolute atomic E-state index is 0. The van der Waals surface area contributed by atoms with Gasteiger partial charge in [-0.2, -0.15) is 0 Å². The average Bonchev–Trinajstić information content (AvgIpc) is 3.37. The third-order valence-electron chi connectivity index (χ3n) is 6.17. The van der Waals surface area contributed by atoms with Crippen LogP contribution < -0.4 is 0 Å². The number of fused-ring (bicyclic) bond motifs is 2. The van der Waals surface area contributed by atoms with E-state index >= 15 is 0 Å². The molecule has 4 heterocycles. The van der Waals surface area contributed by atoms with Crippen LogP contribution >= 0.6 is 0 Å². The van der Waals surface area contributed by atoms with E-state index in [0.29, 0.717) is 6.42 Å². The van der Waals surface area contributed by atoms with Crippen molar-refractivity contribution in [1.29, 1.82) is 0 Å². The molecule has 0 atom stereocenters. The van der Waals surface area contributed by atoms with Gasteiger partial charge in [-0.1, -0.05) is 48.5 Å². The smallest absolute Gasteiger partial charge is 0.397 e. The standard InChI is InChI=1S/C29H22N4.Pt/c1-32-26-15-5-3-9-20(26)17-28(32)24-13-7-11-22(30-24)19-23-12-8-14-25(31-23)29-18-21-10-4-6-16-27(21)33(29)2;/h3-16H,19H2,1-2H3;/q-2;+2. The van der Waals surface area contributed by atoms with Gasteiger partial charge in [0, 0.05) is 43.3 Å². The molecule has 0 aliphatic heterocycles. The van der Waals surface area contributed by atoms with Crippen LogP contribution in [0.1, 0.15) is 11.4 Å². The number of aryl methyl sites for hydroxylation is 2. The van der Waals surface area contributed by atoms with Crippen LogP contribution in [0.2, 0.25) is 0 Å². The molecule has 34 heavy (non-hydrogen) atoms. The largest absolute Gasteiger partial charge is 2.00 e. The van der Waals surface area contributed by atoms with Crippen molar-refractivity contribution in [3.8, 4) is 22.8 Å².